The Bertz CT molecular complexity index is 506. The third kappa shape index (κ3) is 3.33. The summed E-state index contributed by atoms with van der Waals surface area (Å²) in [7, 11) is 0. The minimum absolute atomic E-state index is 0.0552. The number of hydrogen-bond donors (Lipinski definition) is 1. The van der Waals surface area contributed by atoms with E-state index in [-0.39, 0.29) is 6.04 Å². The highest BCUT2D eigenvalue weighted by atomic mass is 35.5. The molecule has 0 saturated carbocycles. The van der Waals surface area contributed by atoms with Crippen LogP contribution in [0, 0.1) is 0 Å². The zero-order valence-electron chi connectivity index (χ0n) is 11.3. The van der Waals surface area contributed by atoms with Crippen molar-refractivity contribution < 1.29 is 0 Å². The van der Waals surface area contributed by atoms with E-state index in [0.717, 1.165) is 30.9 Å². The third-order valence-electron chi connectivity index (χ3n) is 2.99. The lowest BCUT2D eigenvalue weighted by Gasteiger charge is -2.19. The van der Waals surface area contributed by atoms with Gasteiger partial charge in [0.1, 0.15) is 0 Å². The molecule has 2 aromatic heterocycles. The van der Waals surface area contributed by atoms with Crippen molar-refractivity contribution in [2.75, 3.05) is 6.54 Å². The summed E-state index contributed by atoms with van der Waals surface area (Å²) in [5.41, 5.74) is 2.10. The molecule has 19 heavy (non-hydrogen) atoms. The SMILES string of the molecule is CCCNC(c1ccc(Cl)cn1)c1ccnn1CC. The Labute approximate surface area is 118 Å². The molecule has 0 aliphatic carbocycles. The van der Waals surface area contributed by atoms with Crippen LogP contribution in [0.25, 0.3) is 0 Å². The number of aromatic nitrogens is 3. The van der Waals surface area contributed by atoms with E-state index in [9.17, 15) is 0 Å². The molecule has 2 heterocycles. The molecule has 2 aromatic rings. The van der Waals surface area contributed by atoms with Gasteiger partial charge in [-0.05, 0) is 38.1 Å². The Morgan fingerprint density at radius 1 is 1.32 bits per heavy atom. The lowest BCUT2D eigenvalue weighted by atomic mass is 10.1. The molecule has 0 bridgehead atoms. The maximum Gasteiger partial charge on any atom is 0.0921 e. The fraction of sp³-hybridized carbons (Fsp3) is 0.429. The standard InChI is InChI=1S/C14H19ClN4/c1-3-8-16-14(12-6-5-11(15)10-17-12)13-7-9-18-19(13)4-2/h5-7,9-10,14,16H,3-4,8H2,1-2H3. The number of pyridine rings is 1. The van der Waals surface area contributed by atoms with Crippen molar-refractivity contribution in [1.29, 1.82) is 0 Å². The second-order valence-corrected chi connectivity index (χ2v) is 4.80. The Hall–Kier alpha value is -1.39. The van der Waals surface area contributed by atoms with Gasteiger partial charge in [-0.15, -0.1) is 0 Å². The van der Waals surface area contributed by atoms with Crippen LogP contribution in [0.1, 0.15) is 37.7 Å². The van der Waals surface area contributed by atoms with Gasteiger partial charge in [0.15, 0.2) is 0 Å². The van der Waals surface area contributed by atoms with Gasteiger partial charge in [-0.3, -0.25) is 9.67 Å². The van der Waals surface area contributed by atoms with Crippen molar-refractivity contribution in [2.45, 2.75) is 32.9 Å². The van der Waals surface area contributed by atoms with Crippen LogP contribution in [-0.4, -0.2) is 21.3 Å². The van der Waals surface area contributed by atoms with E-state index in [2.05, 4.69) is 29.2 Å². The Kier molecular flexibility index (Phi) is 4.93. The maximum absolute atomic E-state index is 5.90. The average molecular weight is 279 g/mol. The lowest BCUT2D eigenvalue weighted by Crippen LogP contribution is -2.26. The van der Waals surface area contributed by atoms with Gasteiger partial charge in [0.25, 0.3) is 0 Å². The monoisotopic (exact) mass is 278 g/mol. The highest BCUT2D eigenvalue weighted by Crippen LogP contribution is 2.21. The van der Waals surface area contributed by atoms with Gasteiger partial charge in [0.2, 0.25) is 0 Å². The second-order valence-electron chi connectivity index (χ2n) is 4.36. The van der Waals surface area contributed by atoms with Gasteiger partial charge >= 0.3 is 0 Å². The second kappa shape index (κ2) is 6.68. The molecule has 0 aliphatic heterocycles. The minimum atomic E-state index is 0.0552. The van der Waals surface area contributed by atoms with Crippen LogP contribution >= 0.6 is 11.6 Å². The summed E-state index contributed by atoms with van der Waals surface area (Å²) in [6, 6.07) is 5.92. The van der Waals surface area contributed by atoms with Crippen molar-refractivity contribution in [3.05, 3.63) is 47.0 Å². The quantitative estimate of drug-likeness (QED) is 0.883. The molecule has 2 rings (SSSR count). The molecule has 0 fully saturated rings. The number of nitrogens with zero attached hydrogens (tertiary/aromatic N) is 3. The van der Waals surface area contributed by atoms with Gasteiger partial charge in [-0.1, -0.05) is 18.5 Å². The van der Waals surface area contributed by atoms with Gasteiger partial charge in [-0.25, -0.2) is 0 Å². The Morgan fingerprint density at radius 2 is 2.16 bits per heavy atom. The molecular formula is C14H19ClN4. The summed E-state index contributed by atoms with van der Waals surface area (Å²) in [6.07, 6.45) is 4.59. The number of rotatable bonds is 6. The Balaban J connectivity index is 2.32. The molecule has 5 heteroatoms. The van der Waals surface area contributed by atoms with E-state index in [1.165, 1.54) is 0 Å². The molecule has 0 spiro atoms. The van der Waals surface area contributed by atoms with Crippen molar-refractivity contribution in [3.8, 4) is 0 Å². The lowest BCUT2D eigenvalue weighted by molar-refractivity contribution is 0.522. The first-order valence-electron chi connectivity index (χ1n) is 6.62. The first-order chi connectivity index (χ1) is 9.26. The fourth-order valence-electron chi connectivity index (χ4n) is 2.06. The number of hydrogen-bond acceptors (Lipinski definition) is 3. The summed E-state index contributed by atoms with van der Waals surface area (Å²) in [5, 5.41) is 8.50. The molecule has 102 valence electrons. The highest BCUT2D eigenvalue weighted by molar-refractivity contribution is 6.30. The van der Waals surface area contributed by atoms with Gasteiger partial charge in [-0.2, -0.15) is 5.10 Å². The van der Waals surface area contributed by atoms with E-state index in [4.69, 9.17) is 11.6 Å². The maximum atomic E-state index is 5.90. The van der Waals surface area contributed by atoms with Crippen molar-refractivity contribution >= 4 is 11.6 Å². The van der Waals surface area contributed by atoms with Crippen molar-refractivity contribution in [2.24, 2.45) is 0 Å². The van der Waals surface area contributed by atoms with E-state index < -0.39 is 0 Å². The van der Waals surface area contributed by atoms with E-state index >= 15 is 0 Å². The first-order valence-corrected chi connectivity index (χ1v) is 7.00. The van der Waals surface area contributed by atoms with Gasteiger partial charge in [0, 0.05) is 18.9 Å². The molecule has 0 aromatic carbocycles. The van der Waals surface area contributed by atoms with E-state index in [1.54, 1.807) is 6.20 Å². The van der Waals surface area contributed by atoms with E-state index in [0.29, 0.717) is 5.02 Å². The van der Waals surface area contributed by atoms with Crippen LogP contribution < -0.4 is 5.32 Å². The van der Waals surface area contributed by atoms with Crippen LogP contribution in [0.15, 0.2) is 30.6 Å². The summed E-state index contributed by atoms with van der Waals surface area (Å²) in [5.74, 6) is 0. The average Bonchev–Trinajstić information content (AvgIpc) is 2.89. The zero-order chi connectivity index (χ0) is 13.7. The normalized spacial score (nSPS) is 12.6. The van der Waals surface area contributed by atoms with E-state index in [1.807, 2.05) is 29.1 Å². The predicted molar refractivity (Wildman–Crippen MR) is 77.3 cm³/mol. The van der Waals surface area contributed by atoms with Crippen LogP contribution in [0.4, 0.5) is 0 Å². The van der Waals surface area contributed by atoms with Crippen LogP contribution in [0.5, 0.6) is 0 Å². The topological polar surface area (TPSA) is 42.7 Å². The summed E-state index contributed by atoms with van der Waals surface area (Å²) in [4.78, 5) is 4.43. The number of halogens is 1. The molecule has 0 radical (unpaired) electrons. The highest BCUT2D eigenvalue weighted by Gasteiger charge is 2.18. The zero-order valence-corrected chi connectivity index (χ0v) is 12.1. The first kappa shape index (κ1) is 14.0. The molecule has 0 saturated heterocycles. The smallest absolute Gasteiger partial charge is 0.0921 e. The number of aryl methyl sites for hydroxylation is 1. The molecular weight excluding hydrogens is 260 g/mol. The van der Waals surface area contributed by atoms with Gasteiger partial charge in [0.05, 0.1) is 22.5 Å². The summed E-state index contributed by atoms with van der Waals surface area (Å²) < 4.78 is 1.99. The molecule has 0 amide bonds. The Morgan fingerprint density at radius 3 is 2.79 bits per heavy atom. The summed E-state index contributed by atoms with van der Waals surface area (Å²) >= 11 is 5.90. The van der Waals surface area contributed by atoms with Crippen LogP contribution in [-0.2, 0) is 6.54 Å². The minimum Gasteiger partial charge on any atom is -0.304 e. The number of nitrogens with one attached hydrogen (secondary N) is 1. The van der Waals surface area contributed by atoms with Gasteiger partial charge < -0.3 is 5.32 Å². The summed E-state index contributed by atoms with van der Waals surface area (Å²) in [6.45, 7) is 6.02. The van der Waals surface area contributed by atoms with Crippen LogP contribution in [0.3, 0.4) is 0 Å². The molecule has 0 aliphatic rings. The molecule has 4 nitrogen and oxygen atoms in total. The van der Waals surface area contributed by atoms with Crippen molar-refractivity contribution in [1.82, 2.24) is 20.1 Å². The molecule has 1 unspecified atom stereocenters. The predicted octanol–water partition coefficient (Wildman–Crippen LogP) is 3.04. The van der Waals surface area contributed by atoms with Crippen molar-refractivity contribution in [3.63, 3.8) is 0 Å². The third-order valence-corrected chi connectivity index (χ3v) is 3.21. The fourth-order valence-corrected chi connectivity index (χ4v) is 2.17. The largest absolute Gasteiger partial charge is 0.304 e. The molecule has 1 atom stereocenters. The molecule has 1 N–H and O–H groups in total. The van der Waals surface area contributed by atoms with Crippen LogP contribution in [0.2, 0.25) is 5.02 Å².